The van der Waals surface area contributed by atoms with Gasteiger partial charge in [0, 0.05) is 13.6 Å². The highest BCUT2D eigenvalue weighted by molar-refractivity contribution is 6.58. The van der Waals surface area contributed by atoms with E-state index in [1.54, 1.807) is 31.3 Å². The summed E-state index contributed by atoms with van der Waals surface area (Å²) in [4.78, 5) is 13.4. The summed E-state index contributed by atoms with van der Waals surface area (Å²) < 4.78 is 5.23. The molecule has 0 unspecified atom stereocenters. The second-order valence-electron chi connectivity index (χ2n) is 5.01. The van der Waals surface area contributed by atoms with Crippen LogP contribution in [-0.2, 0) is 17.9 Å². The van der Waals surface area contributed by atoms with Crippen LogP contribution in [0.4, 0.5) is 4.79 Å². The number of hydrogen-bond acceptors (Lipinski definition) is 4. The lowest BCUT2D eigenvalue weighted by Gasteiger charge is -2.17. The van der Waals surface area contributed by atoms with E-state index in [4.69, 9.17) is 14.8 Å². The molecule has 0 aliphatic carbocycles. The zero-order chi connectivity index (χ0) is 15.9. The minimum absolute atomic E-state index is 0.236. The minimum atomic E-state index is -1.48. The summed E-state index contributed by atoms with van der Waals surface area (Å²) in [6, 6.07) is 16.2. The van der Waals surface area contributed by atoms with Gasteiger partial charge in [-0.3, -0.25) is 0 Å². The number of amides is 1. The van der Waals surface area contributed by atoms with Gasteiger partial charge in [0.1, 0.15) is 6.61 Å². The van der Waals surface area contributed by atoms with Crippen molar-refractivity contribution < 1.29 is 19.6 Å². The molecule has 0 saturated heterocycles. The average Bonchev–Trinajstić information content (AvgIpc) is 2.54. The van der Waals surface area contributed by atoms with Gasteiger partial charge in [0.2, 0.25) is 0 Å². The minimum Gasteiger partial charge on any atom is -0.445 e. The van der Waals surface area contributed by atoms with E-state index in [1.165, 1.54) is 4.90 Å². The largest absolute Gasteiger partial charge is 0.488 e. The summed E-state index contributed by atoms with van der Waals surface area (Å²) in [6.45, 7) is 0.620. The predicted molar refractivity (Wildman–Crippen MR) is 84.4 cm³/mol. The third kappa shape index (κ3) is 4.61. The van der Waals surface area contributed by atoms with Crippen LogP contribution in [0.1, 0.15) is 11.1 Å². The van der Waals surface area contributed by atoms with E-state index in [2.05, 4.69) is 0 Å². The number of carbonyl (C=O) groups is 1. The first-order valence-electron chi connectivity index (χ1n) is 6.93. The van der Waals surface area contributed by atoms with E-state index in [1.807, 2.05) is 30.3 Å². The average molecular weight is 299 g/mol. The lowest BCUT2D eigenvalue weighted by molar-refractivity contribution is 0.103. The molecule has 2 rings (SSSR count). The third-order valence-corrected chi connectivity index (χ3v) is 3.21. The van der Waals surface area contributed by atoms with Crippen LogP contribution in [0.2, 0.25) is 0 Å². The second kappa shape index (κ2) is 7.63. The van der Waals surface area contributed by atoms with Crippen molar-refractivity contribution in [3.63, 3.8) is 0 Å². The van der Waals surface area contributed by atoms with Crippen molar-refractivity contribution >= 4 is 18.7 Å². The highest BCUT2D eigenvalue weighted by Crippen LogP contribution is 2.06. The fourth-order valence-corrected chi connectivity index (χ4v) is 1.96. The van der Waals surface area contributed by atoms with Gasteiger partial charge in [-0.15, -0.1) is 0 Å². The molecule has 6 heteroatoms. The predicted octanol–water partition coefficient (Wildman–Crippen LogP) is 1.14. The van der Waals surface area contributed by atoms with Crippen LogP contribution in [0.3, 0.4) is 0 Å². The van der Waals surface area contributed by atoms with E-state index in [0.29, 0.717) is 12.0 Å². The number of ether oxygens (including phenoxy) is 1. The van der Waals surface area contributed by atoms with E-state index in [0.717, 1.165) is 11.1 Å². The Bertz CT molecular complexity index is 601. The molecular weight excluding hydrogens is 281 g/mol. The number of hydrogen-bond donors (Lipinski definition) is 2. The van der Waals surface area contributed by atoms with Gasteiger partial charge in [0.15, 0.2) is 0 Å². The first kappa shape index (κ1) is 16.1. The van der Waals surface area contributed by atoms with Gasteiger partial charge in [0.05, 0.1) is 0 Å². The Morgan fingerprint density at radius 3 is 2.27 bits per heavy atom. The maximum atomic E-state index is 11.9. The molecule has 0 heterocycles. The summed E-state index contributed by atoms with van der Waals surface area (Å²) in [7, 11) is 0.171. The Morgan fingerprint density at radius 1 is 1.05 bits per heavy atom. The van der Waals surface area contributed by atoms with E-state index in [9.17, 15) is 4.79 Å². The molecule has 0 saturated carbocycles. The maximum absolute atomic E-state index is 11.9. The van der Waals surface area contributed by atoms with Crippen molar-refractivity contribution in [2.45, 2.75) is 13.2 Å². The van der Waals surface area contributed by atoms with E-state index < -0.39 is 13.2 Å². The van der Waals surface area contributed by atoms with Crippen molar-refractivity contribution in [2.24, 2.45) is 0 Å². The van der Waals surface area contributed by atoms with Gasteiger partial charge in [-0.05, 0) is 16.6 Å². The highest BCUT2D eigenvalue weighted by atomic mass is 16.6. The fraction of sp³-hybridized carbons (Fsp3) is 0.188. The van der Waals surface area contributed by atoms with Crippen molar-refractivity contribution in [1.29, 1.82) is 0 Å². The smallest absolute Gasteiger partial charge is 0.445 e. The molecule has 0 aromatic heterocycles. The van der Waals surface area contributed by atoms with Gasteiger partial charge in [-0.1, -0.05) is 54.6 Å². The summed E-state index contributed by atoms with van der Waals surface area (Å²) in [5, 5.41) is 18.1. The topological polar surface area (TPSA) is 70.0 Å². The zero-order valence-corrected chi connectivity index (χ0v) is 12.3. The summed E-state index contributed by atoms with van der Waals surface area (Å²) in [6.07, 6.45) is -0.407. The van der Waals surface area contributed by atoms with Crippen molar-refractivity contribution in [2.75, 3.05) is 7.05 Å². The van der Waals surface area contributed by atoms with Gasteiger partial charge >= 0.3 is 13.2 Å². The molecule has 5 nitrogen and oxygen atoms in total. The monoisotopic (exact) mass is 299 g/mol. The molecule has 0 atom stereocenters. The Hall–Kier alpha value is -2.31. The summed E-state index contributed by atoms with van der Waals surface area (Å²) in [5.74, 6) is 0. The van der Waals surface area contributed by atoms with Crippen LogP contribution < -0.4 is 5.46 Å². The molecule has 2 N–H and O–H groups in total. The van der Waals surface area contributed by atoms with Crippen LogP contribution in [0.15, 0.2) is 54.6 Å². The van der Waals surface area contributed by atoms with Crippen molar-refractivity contribution in [1.82, 2.24) is 4.90 Å². The lowest BCUT2D eigenvalue weighted by atomic mass is 9.80. The SMILES string of the molecule is CN(Cc1ccc(B(O)O)cc1)C(=O)OCc1ccccc1. The van der Waals surface area contributed by atoms with Gasteiger partial charge in [-0.2, -0.15) is 0 Å². The van der Waals surface area contributed by atoms with Crippen LogP contribution >= 0.6 is 0 Å². The molecule has 114 valence electrons. The molecule has 0 radical (unpaired) electrons. The third-order valence-electron chi connectivity index (χ3n) is 3.21. The molecule has 2 aromatic carbocycles. The first-order chi connectivity index (χ1) is 10.6. The Morgan fingerprint density at radius 2 is 1.68 bits per heavy atom. The Balaban J connectivity index is 1.85. The van der Waals surface area contributed by atoms with Crippen LogP contribution in [0.5, 0.6) is 0 Å². The molecule has 0 spiro atoms. The van der Waals surface area contributed by atoms with Crippen molar-refractivity contribution in [3.05, 3.63) is 65.7 Å². The normalized spacial score (nSPS) is 10.1. The van der Waals surface area contributed by atoms with Gasteiger partial charge < -0.3 is 19.7 Å². The molecule has 1 amide bonds. The quantitative estimate of drug-likeness (QED) is 0.812. The van der Waals surface area contributed by atoms with Crippen LogP contribution in [-0.4, -0.2) is 35.2 Å². The highest BCUT2D eigenvalue weighted by Gasteiger charge is 2.13. The maximum Gasteiger partial charge on any atom is 0.488 e. The number of rotatable bonds is 5. The van der Waals surface area contributed by atoms with Crippen molar-refractivity contribution in [3.8, 4) is 0 Å². The molecule has 2 aromatic rings. The summed E-state index contributed by atoms with van der Waals surface area (Å²) in [5.41, 5.74) is 2.23. The second-order valence-corrected chi connectivity index (χ2v) is 5.01. The van der Waals surface area contributed by atoms with Gasteiger partial charge in [0.25, 0.3) is 0 Å². The van der Waals surface area contributed by atoms with Crippen LogP contribution in [0, 0.1) is 0 Å². The molecule has 0 bridgehead atoms. The number of carbonyl (C=O) groups excluding carboxylic acids is 1. The van der Waals surface area contributed by atoms with Crippen LogP contribution in [0.25, 0.3) is 0 Å². The first-order valence-corrected chi connectivity index (χ1v) is 6.93. The van der Waals surface area contributed by atoms with Gasteiger partial charge in [-0.25, -0.2) is 4.79 Å². The molecular formula is C16H18BNO4. The molecule has 0 aliphatic heterocycles. The number of nitrogens with zero attached hydrogens (tertiary/aromatic N) is 1. The lowest BCUT2D eigenvalue weighted by Crippen LogP contribution is -2.30. The Labute approximate surface area is 129 Å². The fourth-order valence-electron chi connectivity index (χ4n) is 1.96. The molecule has 0 aliphatic rings. The number of benzene rings is 2. The molecule has 0 fully saturated rings. The zero-order valence-electron chi connectivity index (χ0n) is 12.3. The van der Waals surface area contributed by atoms with E-state index >= 15 is 0 Å². The Kier molecular flexibility index (Phi) is 5.58. The standard InChI is InChI=1S/C16H18BNO4/c1-18(11-13-7-9-15(10-8-13)17(20)21)16(19)22-12-14-5-3-2-4-6-14/h2-10,20-21H,11-12H2,1H3. The molecule has 22 heavy (non-hydrogen) atoms. The van der Waals surface area contributed by atoms with E-state index in [-0.39, 0.29) is 6.61 Å². The summed E-state index contributed by atoms with van der Waals surface area (Å²) >= 11 is 0.